The van der Waals surface area contributed by atoms with Crippen LogP contribution in [0.4, 0.5) is 10.1 Å². The molecule has 0 unspecified atom stereocenters. The van der Waals surface area contributed by atoms with Crippen LogP contribution in [0.3, 0.4) is 0 Å². The van der Waals surface area contributed by atoms with Crippen LogP contribution >= 0.6 is 34.8 Å². The number of amides is 2. The number of anilines is 1. The number of aromatic nitrogens is 3. The van der Waals surface area contributed by atoms with Gasteiger partial charge in [0.05, 0.1) is 18.3 Å². The van der Waals surface area contributed by atoms with Gasteiger partial charge in [-0.2, -0.15) is 0 Å². The molecule has 1 N–H and O–H groups in total. The van der Waals surface area contributed by atoms with Gasteiger partial charge in [0.25, 0.3) is 11.8 Å². The number of allylic oxidation sites excluding steroid dienone is 2. The summed E-state index contributed by atoms with van der Waals surface area (Å²) >= 11 is 20.9. The van der Waals surface area contributed by atoms with E-state index in [0.717, 1.165) is 21.6 Å². The molecule has 196 valence electrons. The first kappa shape index (κ1) is 25.0. The Morgan fingerprint density at radius 3 is 2.34 bits per heavy atom. The van der Waals surface area contributed by atoms with Crippen LogP contribution in [0.25, 0.3) is 0 Å². The number of hydrogen-bond acceptors (Lipinski definition) is 5. The molecule has 38 heavy (non-hydrogen) atoms. The molecule has 9 nitrogen and oxygen atoms in total. The second-order valence-corrected chi connectivity index (χ2v) is 11.2. The van der Waals surface area contributed by atoms with Crippen molar-refractivity contribution in [2.24, 2.45) is 7.05 Å². The minimum atomic E-state index is -2.12. The largest absolute Gasteiger partial charge is 0.508 e. The van der Waals surface area contributed by atoms with Gasteiger partial charge in [-0.25, -0.2) is 32.8 Å². The molecule has 0 radical (unpaired) electrons. The number of imide groups is 1. The molecule has 13 heteroatoms. The standard InChI is InChI=1S/C25H18Cl3FN4O5/c1-30-22(37)31-9-8-16-18(33(31)23(30)38)11-24(27)20(35)32(13-4-2-12(29)3-5-13)21(36)25(24,28)19(16)15-7-6-14(34)10-17(15)26/h2-8,10,18-19,34H,9,11H2,1H3/t18-,19+,24-,25+/m1/s1. The number of nitrogens with zero attached hydrogens (tertiary/aromatic N) is 4. The Morgan fingerprint density at radius 2 is 1.68 bits per heavy atom. The van der Waals surface area contributed by atoms with Crippen molar-refractivity contribution >= 4 is 52.3 Å². The van der Waals surface area contributed by atoms with Gasteiger partial charge in [-0.15, -0.1) is 23.2 Å². The Morgan fingerprint density at radius 1 is 1.00 bits per heavy atom. The average Bonchev–Trinajstić information content (AvgIpc) is 3.18. The van der Waals surface area contributed by atoms with Crippen molar-refractivity contribution in [3.8, 4) is 5.75 Å². The average molecular weight is 580 g/mol. The molecule has 1 aliphatic carbocycles. The summed E-state index contributed by atoms with van der Waals surface area (Å²) in [6.45, 7) is -0.000975. The number of fused-ring (bicyclic) bond motifs is 4. The van der Waals surface area contributed by atoms with Gasteiger partial charge >= 0.3 is 11.4 Å². The molecule has 6 rings (SSSR count). The summed E-state index contributed by atoms with van der Waals surface area (Å²) in [6.07, 6.45) is 1.39. The number of halogens is 4. The molecule has 3 aliphatic rings. The summed E-state index contributed by atoms with van der Waals surface area (Å²) in [5.41, 5.74) is -0.355. The Balaban J connectivity index is 1.64. The number of carbonyl (C=O) groups excluding carboxylic acids is 2. The summed E-state index contributed by atoms with van der Waals surface area (Å²) < 4.78 is 17.0. The lowest BCUT2D eigenvalue weighted by molar-refractivity contribution is -0.122. The molecule has 1 saturated heterocycles. The Bertz CT molecular complexity index is 1710. The number of carbonyl (C=O) groups is 2. The number of hydrogen-bond donors (Lipinski definition) is 1. The highest BCUT2D eigenvalue weighted by Gasteiger charge is 2.75. The molecule has 0 spiro atoms. The molecule has 2 aliphatic heterocycles. The van der Waals surface area contributed by atoms with Gasteiger partial charge in [0, 0.05) is 24.4 Å². The van der Waals surface area contributed by atoms with Gasteiger partial charge in [-0.3, -0.25) is 9.59 Å². The van der Waals surface area contributed by atoms with E-state index in [2.05, 4.69) is 0 Å². The first-order chi connectivity index (χ1) is 17.9. The van der Waals surface area contributed by atoms with Crippen molar-refractivity contribution in [2.75, 3.05) is 4.90 Å². The van der Waals surface area contributed by atoms with Crippen molar-refractivity contribution in [2.45, 2.75) is 34.7 Å². The maximum atomic E-state index is 14.1. The van der Waals surface area contributed by atoms with Crippen LogP contribution in [0.5, 0.6) is 5.75 Å². The molecule has 3 aromatic rings. The third-order valence-corrected chi connectivity index (χ3v) is 9.39. The lowest BCUT2D eigenvalue weighted by atomic mass is 9.64. The summed E-state index contributed by atoms with van der Waals surface area (Å²) in [6, 6.07) is 7.89. The number of benzene rings is 2. The second-order valence-electron chi connectivity index (χ2n) is 9.55. The van der Waals surface area contributed by atoms with Crippen molar-refractivity contribution in [3.05, 3.63) is 91.5 Å². The lowest BCUT2D eigenvalue weighted by Crippen LogP contribution is -2.59. The quantitative estimate of drug-likeness (QED) is 0.285. The van der Waals surface area contributed by atoms with Crippen molar-refractivity contribution < 1.29 is 19.1 Å². The molecule has 2 aromatic carbocycles. The van der Waals surface area contributed by atoms with Crippen molar-refractivity contribution in [3.63, 3.8) is 0 Å². The number of phenolic OH excluding ortho intramolecular Hbond substituents is 1. The van der Waals surface area contributed by atoms with Gasteiger partial charge in [0.1, 0.15) is 11.6 Å². The summed E-state index contributed by atoms with van der Waals surface area (Å²) in [5.74, 6) is -3.54. The van der Waals surface area contributed by atoms with E-state index >= 15 is 0 Å². The fraction of sp³-hybridized carbons (Fsp3) is 0.280. The number of phenols is 1. The van der Waals surface area contributed by atoms with Gasteiger partial charge in [-0.1, -0.05) is 23.7 Å². The highest BCUT2D eigenvalue weighted by atomic mass is 35.5. The summed E-state index contributed by atoms with van der Waals surface area (Å²) in [4.78, 5) is 50.5. The van der Waals surface area contributed by atoms with E-state index < -0.39 is 50.7 Å². The zero-order chi connectivity index (χ0) is 27.3. The minimum absolute atomic E-state index is 0.000975. The molecule has 4 atom stereocenters. The minimum Gasteiger partial charge on any atom is -0.508 e. The number of aromatic hydroxyl groups is 1. The topological polar surface area (TPSA) is 107 Å². The van der Waals surface area contributed by atoms with Gasteiger partial charge in [0.2, 0.25) is 0 Å². The monoisotopic (exact) mass is 578 g/mol. The van der Waals surface area contributed by atoms with E-state index in [9.17, 15) is 28.7 Å². The van der Waals surface area contributed by atoms with Crippen LogP contribution in [0.1, 0.15) is 23.9 Å². The summed E-state index contributed by atoms with van der Waals surface area (Å²) in [7, 11) is 1.34. The zero-order valence-corrected chi connectivity index (χ0v) is 21.8. The SMILES string of the molecule is Cn1c(=O)n2n(c1=O)[C@@H]1C[C@@]3(Cl)C(=O)N(c4ccc(F)cc4)C(=O)[C@@]3(Cl)[C@@H](c3ccc(O)cc3Cl)C1=CC2. The van der Waals surface area contributed by atoms with E-state index in [-0.39, 0.29) is 29.4 Å². The first-order valence-corrected chi connectivity index (χ1v) is 12.6. The van der Waals surface area contributed by atoms with Crippen LogP contribution in [0.2, 0.25) is 5.02 Å². The van der Waals surface area contributed by atoms with Crippen LogP contribution in [-0.4, -0.2) is 40.6 Å². The predicted octanol–water partition coefficient (Wildman–Crippen LogP) is 3.04. The Hall–Kier alpha value is -3.34. The molecular formula is C25H18Cl3FN4O5. The Labute approximate surface area is 228 Å². The highest BCUT2D eigenvalue weighted by molar-refractivity contribution is 6.58. The normalized spacial score (nSPS) is 28.1. The summed E-state index contributed by atoms with van der Waals surface area (Å²) in [5, 5.41) is 10.0. The number of rotatable bonds is 2. The van der Waals surface area contributed by atoms with Crippen molar-refractivity contribution in [1.82, 2.24) is 13.9 Å². The van der Waals surface area contributed by atoms with Crippen molar-refractivity contribution in [1.29, 1.82) is 0 Å². The molecular weight excluding hydrogens is 562 g/mol. The predicted molar refractivity (Wildman–Crippen MR) is 138 cm³/mol. The van der Waals surface area contributed by atoms with E-state index in [1.54, 1.807) is 6.08 Å². The van der Waals surface area contributed by atoms with Crippen LogP contribution in [-0.2, 0) is 23.2 Å². The van der Waals surface area contributed by atoms with Gasteiger partial charge in [0.15, 0.2) is 9.75 Å². The molecule has 2 amide bonds. The molecule has 1 aromatic heterocycles. The fourth-order valence-electron chi connectivity index (χ4n) is 5.87. The zero-order valence-electron chi connectivity index (χ0n) is 19.6. The molecule has 2 fully saturated rings. The third kappa shape index (κ3) is 2.99. The van der Waals surface area contributed by atoms with E-state index in [0.29, 0.717) is 11.1 Å². The molecule has 3 heterocycles. The molecule has 1 saturated carbocycles. The van der Waals surface area contributed by atoms with E-state index in [1.807, 2.05) is 0 Å². The smallest absolute Gasteiger partial charge is 0.347 e. The first-order valence-electron chi connectivity index (χ1n) is 11.5. The lowest BCUT2D eigenvalue weighted by Gasteiger charge is -2.49. The van der Waals surface area contributed by atoms with E-state index in [1.165, 1.54) is 46.7 Å². The Kier molecular flexibility index (Phi) is 5.31. The van der Waals surface area contributed by atoms with Gasteiger partial charge < -0.3 is 5.11 Å². The maximum Gasteiger partial charge on any atom is 0.347 e. The van der Waals surface area contributed by atoms with Crippen LogP contribution in [0.15, 0.2) is 63.7 Å². The van der Waals surface area contributed by atoms with Crippen LogP contribution in [0, 0.1) is 5.82 Å². The van der Waals surface area contributed by atoms with Crippen LogP contribution < -0.4 is 16.3 Å². The molecule has 0 bridgehead atoms. The highest BCUT2D eigenvalue weighted by Crippen LogP contribution is 2.64. The maximum absolute atomic E-state index is 14.1. The third-order valence-electron chi connectivity index (χ3n) is 7.65. The van der Waals surface area contributed by atoms with E-state index in [4.69, 9.17) is 34.8 Å². The fourth-order valence-corrected chi connectivity index (χ4v) is 7.06. The number of alkyl halides is 2. The second kappa shape index (κ2) is 8.08. The van der Waals surface area contributed by atoms with Gasteiger partial charge in [-0.05, 0) is 47.5 Å².